The Labute approximate surface area is 378 Å². The second-order valence-electron chi connectivity index (χ2n) is 15.0. The number of piperazine rings is 1. The van der Waals surface area contributed by atoms with Crippen LogP contribution in [0.25, 0.3) is 5.69 Å². The molecule has 2 fully saturated rings. The van der Waals surface area contributed by atoms with Crippen LogP contribution in [0, 0.1) is 17.6 Å². The minimum absolute atomic E-state index is 0. The van der Waals surface area contributed by atoms with Gasteiger partial charge in [-0.05, 0) is 74.4 Å². The third-order valence-corrected chi connectivity index (χ3v) is 11.0. The maximum atomic E-state index is 15.3. The quantitative estimate of drug-likeness (QED) is 0.0643. The fourth-order valence-electron chi connectivity index (χ4n) is 7.86. The number of ether oxygens (including phenoxy) is 4. The number of aliphatic hydroxyl groups is 1. The summed E-state index contributed by atoms with van der Waals surface area (Å²) in [5, 5.41) is 18.7. The summed E-state index contributed by atoms with van der Waals surface area (Å²) in [6.07, 6.45) is 4.29. The molecule has 326 valence electrons. The van der Waals surface area contributed by atoms with Crippen LogP contribution in [-0.2, 0) is 31.2 Å². The van der Waals surface area contributed by atoms with E-state index < -0.39 is 42.3 Å². The van der Waals surface area contributed by atoms with Crippen LogP contribution in [-0.4, -0.2) is 99.3 Å². The second kappa shape index (κ2) is 21.3. The van der Waals surface area contributed by atoms with Crippen molar-refractivity contribution in [2.75, 3.05) is 55.8 Å². The first kappa shape index (κ1) is 47.9. The van der Waals surface area contributed by atoms with E-state index in [2.05, 4.69) is 24.7 Å². The molecule has 1 unspecified atom stereocenters. The molecule has 2 saturated heterocycles. The summed E-state index contributed by atoms with van der Waals surface area (Å²) in [5.41, 5.74) is 1.53. The Morgan fingerprint density at radius 2 is 1.65 bits per heavy atom. The summed E-state index contributed by atoms with van der Waals surface area (Å²) in [6.45, 7) is 8.45. The number of rotatable bonds is 16. The van der Waals surface area contributed by atoms with Crippen LogP contribution in [0.2, 0.25) is 0 Å². The summed E-state index contributed by atoms with van der Waals surface area (Å²) >= 11 is 0. The zero-order valence-electron chi connectivity index (χ0n) is 35.0. The average molecular weight is 871 g/mol. The van der Waals surface area contributed by atoms with Gasteiger partial charge in [0.05, 0.1) is 31.0 Å². The molecule has 4 heterocycles. The van der Waals surface area contributed by atoms with E-state index in [0.29, 0.717) is 30.9 Å². The maximum Gasteiger partial charge on any atom is 1.00 e. The third kappa shape index (κ3) is 10.9. The molecule has 2 aromatic heterocycles. The number of halogens is 2. The number of hydrogen-bond donors (Lipinski definition) is 1. The van der Waals surface area contributed by atoms with Gasteiger partial charge in [-0.15, -0.1) is 4.68 Å². The molecule has 2 aliphatic rings. The molecule has 0 saturated carbocycles. The molecule has 0 aliphatic carbocycles. The molecule has 0 amide bonds. The number of nitrogens with zero attached hydrogens (tertiary/aromatic N) is 8. The van der Waals surface area contributed by atoms with Gasteiger partial charge in [0.15, 0.2) is 0 Å². The predicted molar refractivity (Wildman–Crippen MR) is 214 cm³/mol. The van der Waals surface area contributed by atoms with Crippen molar-refractivity contribution in [2.24, 2.45) is 5.92 Å². The first-order valence-corrected chi connectivity index (χ1v) is 19.9. The summed E-state index contributed by atoms with van der Waals surface area (Å²) in [6, 6.07) is 18.8. The minimum atomic E-state index is -1.20. The van der Waals surface area contributed by atoms with Gasteiger partial charge >= 0.3 is 41.4 Å². The molecule has 7 rings (SSSR count). The van der Waals surface area contributed by atoms with E-state index in [1.54, 1.807) is 20.2 Å². The Balaban J connectivity index is 0.00000363. The van der Waals surface area contributed by atoms with Crippen LogP contribution < -0.4 is 54.4 Å². The summed E-state index contributed by atoms with van der Waals surface area (Å²) in [4.78, 5) is 39.8. The summed E-state index contributed by atoms with van der Waals surface area (Å²) < 4.78 is 57.4. The molecule has 2 N–H and O–H groups in total. The zero-order valence-corrected chi connectivity index (χ0v) is 37.0. The van der Waals surface area contributed by atoms with Gasteiger partial charge < -0.3 is 44.1 Å². The minimum Gasteiger partial charge on any atom is -0.870 e. The van der Waals surface area contributed by atoms with Gasteiger partial charge in [-0.2, -0.15) is 9.67 Å². The van der Waals surface area contributed by atoms with Gasteiger partial charge in [-0.1, -0.05) is 13.0 Å². The van der Waals surface area contributed by atoms with Crippen LogP contribution in [0.15, 0.2) is 90.5 Å². The van der Waals surface area contributed by atoms with Gasteiger partial charge in [-0.25, -0.2) is 33.9 Å². The molecular weight excluding hydrogens is 821 g/mol. The Kier molecular flexibility index (Phi) is 16.4. The molecule has 62 heavy (non-hydrogen) atoms. The normalized spacial score (nSPS) is 18.8. The molecule has 3 aromatic carbocycles. The molecule has 0 spiro atoms. The van der Waals surface area contributed by atoms with Crippen LogP contribution >= 0.6 is 0 Å². The Morgan fingerprint density at radius 3 is 2.26 bits per heavy atom. The van der Waals surface area contributed by atoms with E-state index in [-0.39, 0.29) is 71.4 Å². The topological polar surface area (TPSA) is 189 Å². The Hall–Kier alpha value is -5.18. The van der Waals surface area contributed by atoms with Crippen molar-refractivity contribution in [1.29, 1.82) is 0 Å². The number of carbonyl (C=O) groups is 1. The number of anilines is 2. The monoisotopic (exact) mass is 870 g/mol. The van der Waals surface area contributed by atoms with Gasteiger partial charge in [0.25, 0.3) is 6.33 Å². The average Bonchev–Trinajstić information content (AvgIpc) is 3.99. The van der Waals surface area contributed by atoms with Crippen LogP contribution in [0.4, 0.5) is 25.0 Å². The van der Waals surface area contributed by atoms with E-state index in [4.69, 9.17) is 14.2 Å². The zero-order chi connectivity index (χ0) is 42.4. The van der Waals surface area contributed by atoms with E-state index in [9.17, 15) is 23.9 Å². The van der Waals surface area contributed by atoms with Crippen molar-refractivity contribution in [3.8, 4) is 11.4 Å². The molecule has 17 nitrogen and oxygen atoms in total. The van der Waals surface area contributed by atoms with E-state index in [1.807, 2.05) is 55.5 Å². The van der Waals surface area contributed by atoms with Crippen molar-refractivity contribution in [3.63, 3.8) is 0 Å². The number of benzene rings is 3. The Bertz CT molecular complexity index is 2300. The van der Waals surface area contributed by atoms with E-state index in [0.717, 1.165) is 43.6 Å². The molecular formula is C42H49F2N8NaO9. The molecule has 20 heteroatoms. The van der Waals surface area contributed by atoms with Crippen molar-refractivity contribution in [3.05, 3.63) is 113 Å². The van der Waals surface area contributed by atoms with Gasteiger partial charge in [0.2, 0.25) is 12.6 Å². The molecule has 0 radical (unpaired) electrons. The number of carbonyl (C=O) groups excluding carboxylic acids is 2. The standard InChI is InChI=1S/C42H48F2N8O8.Na.H2O/c1-4-39(29(2)54)52-40(55)51(27-46-52)35-8-6-33(7-9-35)47-15-17-48(18-16-47)34-10-12-36(13-11-34)58-23-31-22-42(59-24-31,37-14-5-32(43)21-38(37)44)25-50-28-49(26-45-50)30(3)60-41(56)57-20-19-53;;/h5-14,21,26-31,39,54H,4,15-18,20,22-25H2,1-3H3;;1H2/q;+1;/p-1/t29-,30?,31+,39-,42-;;/m0../s1. The van der Waals surface area contributed by atoms with Crippen molar-refractivity contribution in [2.45, 2.75) is 64.1 Å². The largest absolute Gasteiger partial charge is 1.00 e. The summed E-state index contributed by atoms with van der Waals surface area (Å²) in [5.74, 6) is -0.902. The van der Waals surface area contributed by atoms with Crippen LogP contribution in [0.5, 0.6) is 5.75 Å². The Morgan fingerprint density at radius 1 is 1.00 bits per heavy atom. The summed E-state index contributed by atoms with van der Waals surface area (Å²) in [7, 11) is 0. The van der Waals surface area contributed by atoms with Gasteiger partial charge in [-0.3, -0.25) is 0 Å². The molecule has 2 aliphatic heterocycles. The number of hydrogen-bond acceptors (Lipinski definition) is 13. The number of aromatic nitrogens is 6. The third-order valence-electron chi connectivity index (χ3n) is 11.0. The van der Waals surface area contributed by atoms with E-state index in [1.165, 1.54) is 49.6 Å². The van der Waals surface area contributed by atoms with Crippen molar-refractivity contribution >= 4 is 23.8 Å². The van der Waals surface area contributed by atoms with Crippen molar-refractivity contribution < 1.29 is 82.0 Å². The fourth-order valence-corrected chi connectivity index (χ4v) is 7.86. The van der Waals surface area contributed by atoms with Crippen LogP contribution in [0.3, 0.4) is 0 Å². The molecule has 0 bridgehead atoms. The van der Waals surface area contributed by atoms with E-state index >= 15 is 4.39 Å². The SMILES string of the molecule is CC[C@@H]([C@H](C)O)n1ncn(-c2ccc(N3CCN(c4ccc(OC[C@@H]5CO[C@@](Cn6c[n+](C(C)OC(=O)OC[C-]=O)cn6)(c6ccc(F)cc6F)C5)cc4)CC3)cc2)c1=O.[Na+].[OH-]. The second-order valence-corrected chi connectivity index (χ2v) is 15.0. The first-order chi connectivity index (χ1) is 29.0. The predicted octanol–water partition coefficient (Wildman–Crippen LogP) is 1.07. The van der Waals surface area contributed by atoms with Crippen molar-refractivity contribution in [1.82, 2.24) is 24.1 Å². The maximum absolute atomic E-state index is 15.3. The molecule has 5 aromatic rings. The first-order valence-electron chi connectivity index (χ1n) is 19.9. The molecule has 5 atom stereocenters. The van der Waals surface area contributed by atoms with Gasteiger partial charge in [0, 0.05) is 73.7 Å². The fraction of sp³-hybridized carbons (Fsp3) is 0.429. The van der Waals surface area contributed by atoms with Crippen LogP contribution in [0.1, 0.15) is 51.4 Å². The smallest absolute Gasteiger partial charge is 0.870 e. The number of aliphatic hydroxyl groups excluding tert-OH is 1. The van der Waals surface area contributed by atoms with Gasteiger partial charge in [0.1, 0.15) is 35.9 Å².